The van der Waals surface area contributed by atoms with Crippen LogP contribution in [0, 0.1) is 12.5 Å². The Balaban J connectivity index is 1.97. The van der Waals surface area contributed by atoms with Gasteiger partial charge in [-0.05, 0) is 40.3 Å². The molecule has 0 unspecified atom stereocenters. The van der Waals surface area contributed by atoms with Crippen LogP contribution in [0.3, 0.4) is 0 Å². The van der Waals surface area contributed by atoms with Gasteiger partial charge in [0.25, 0.3) is 5.91 Å². The summed E-state index contributed by atoms with van der Waals surface area (Å²) in [6, 6.07) is 19.5. The van der Waals surface area contributed by atoms with Gasteiger partial charge in [-0.25, -0.2) is 9.64 Å². The highest BCUT2D eigenvalue weighted by atomic mass is 16.4. The van der Waals surface area contributed by atoms with Crippen LogP contribution < -0.4 is 5.32 Å². The highest BCUT2D eigenvalue weighted by molar-refractivity contribution is 6.02. The van der Waals surface area contributed by atoms with E-state index in [1.165, 1.54) is 6.07 Å². The Morgan fingerprint density at radius 2 is 1.72 bits per heavy atom. The minimum atomic E-state index is -1.09. The zero-order valence-electron chi connectivity index (χ0n) is 18.0. The monoisotopic (exact) mass is 424 g/mol. The molecule has 3 rings (SSSR count). The van der Waals surface area contributed by atoms with Crippen molar-refractivity contribution >= 4 is 29.7 Å². The number of hydrogen-bond donors (Lipinski definition) is 2. The van der Waals surface area contributed by atoms with E-state index in [1.807, 2.05) is 62.4 Å². The molecular formula is C27H24N2O3. The van der Waals surface area contributed by atoms with Crippen molar-refractivity contribution in [3.8, 4) is 11.1 Å². The molecule has 2 N–H and O–H groups in total. The molecule has 5 nitrogen and oxygen atoms in total. The summed E-state index contributed by atoms with van der Waals surface area (Å²) in [5.74, 6) is -1.08. The lowest BCUT2D eigenvalue weighted by Gasteiger charge is -2.13. The number of carboxylic acids is 1. The summed E-state index contributed by atoms with van der Waals surface area (Å²) in [7, 11) is 0. The van der Waals surface area contributed by atoms with E-state index in [4.69, 9.17) is 6.57 Å². The number of benzene rings is 3. The maximum Gasteiger partial charge on any atom is 0.336 e. The third-order valence-corrected chi connectivity index (χ3v) is 4.91. The first-order valence-corrected chi connectivity index (χ1v) is 10.3. The quantitative estimate of drug-likeness (QED) is 0.352. The molecule has 0 heterocycles. The van der Waals surface area contributed by atoms with Crippen LogP contribution in [0.5, 0.6) is 0 Å². The Kier molecular flexibility index (Phi) is 7.20. The molecule has 0 aliphatic rings. The Morgan fingerprint density at radius 3 is 2.38 bits per heavy atom. The summed E-state index contributed by atoms with van der Waals surface area (Å²) < 4.78 is 0. The smallest absolute Gasteiger partial charge is 0.336 e. The lowest BCUT2D eigenvalue weighted by atomic mass is 9.93. The maximum atomic E-state index is 12.4. The fourth-order valence-electron chi connectivity index (χ4n) is 3.23. The number of nitrogens with zero attached hydrogens (tertiary/aromatic N) is 1. The van der Waals surface area contributed by atoms with E-state index < -0.39 is 5.97 Å². The summed E-state index contributed by atoms with van der Waals surface area (Å²) >= 11 is 0. The first kappa shape index (κ1) is 22.5. The molecule has 0 saturated carbocycles. The molecule has 0 bridgehead atoms. The van der Waals surface area contributed by atoms with Gasteiger partial charge >= 0.3 is 5.97 Å². The molecule has 0 spiro atoms. The van der Waals surface area contributed by atoms with Crippen molar-refractivity contribution in [1.82, 2.24) is 5.32 Å². The van der Waals surface area contributed by atoms with Gasteiger partial charge in [0.1, 0.15) is 0 Å². The molecule has 32 heavy (non-hydrogen) atoms. The summed E-state index contributed by atoms with van der Waals surface area (Å²) in [6.07, 6.45) is 3.83. The van der Waals surface area contributed by atoms with E-state index >= 15 is 0 Å². The van der Waals surface area contributed by atoms with Crippen LogP contribution in [0.25, 0.3) is 28.1 Å². The number of carbonyl (C=O) groups is 2. The molecule has 0 aromatic heterocycles. The zero-order valence-corrected chi connectivity index (χ0v) is 18.0. The second-order valence-electron chi connectivity index (χ2n) is 7.79. The van der Waals surface area contributed by atoms with Crippen LogP contribution in [0.15, 0.2) is 66.7 Å². The number of rotatable bonds is 7. The van der Waals surface area contributed by atoms with Crippen LogP contribution in [0.4, 0.5) is 5.69 Å². The number of aromatic carboxylic acids is 1. The Bertz CT molecular complexity index is 1200. The lowest BCUT2D eigenvalue weighted by Crippen LogP contribution is -2.27. The first-order chi connectivity index (χ1) is 15.4. The first-order valence-electron chi connectivity index (χ1n) is 10.3. The van der Waals surface area contributed by atoms with Crippen molar-refractivity contribution in [3.63, 3.8) is 0 Å². The van der Waals surface area contributed by atoms with Crippen molar-refractivity contribution in [3.05, 3.63) is 100 Å². The van der Waals surface area contributed by atoms with Crippen LogP contribution in [-0.4, -0.2) is 23.5 Å². The normalized spacial score (nSPS) is 10.8. The fraction of sp³-hybridized carbons (Fsp3) is 0.148. The van der Waals surface area contributed by atoms with Gasteiger partial charge in [0.15, 0.2) is 5.69 Å². The highest BCUT2D eigenvalue weighted by Gasteiger charge is 2.17. The number of nitrogens with one attached hydrogen (secondary N) is 1. The molecule has 160 valence electrons. The van der Waals surface area contributed by atoms with Gasteiger partial charge in [0, 0.05) is 12.1 Å². The van der Waals surface area contributed by atoms with Crippen LogP contribution >= 0.6 is 0 Å². The molecule has 0 saturated heterocycles. The molecule has 5 heteroatoms. The topological polar surface area (TPSA) is 70.8 Å². The van der Waals surface area contributed by atoms with E-state index in [2.05, 4.69) is 10.2 Å². The van der Waals surface area contributed by atoms with Gasteiger partial charge in [-0.2, -0.15) is 0 Å². The Morgan fingerprint density at radius 1 is 1.00 bits per heavy atom. The van der Waals surface area contributed by atoms with E-state index in [0.717, 1.165) is 16.7 Å². The average Bonchev–Trinajstić information content (AvgIpc) is 2.81. The van der Waals surface area contributed by atoms with E-state index in [-0.39, 0.29) is 11.5 Å². The standard InChI is InChI=1S/C27H24N2O3/c1-18(2)17-29-26(30)21-12-15-24(25(16-21)27(31)32)23-7-5-4-6-20(23)11-8-19-9-13-22(28-3)14-10-19/h4-16,18H,17H2,1-2H3,(H,29,30)(H,31,32)/b11-8+. The number of carbonyl (C=O) groups excluding carboxylic acids is 1. The number of hydrogen-bond acceptors (Lipinski definition) is 2. The van der Waals surface area contributed by atoms with Crippen molar-refractivity contribution in [2.24, 2.45) is 5.92 Å². The largest absolute Gasteiger partial charge is 0.478 e. The minimum Gasteiger partial charge on any atom is -0.478 e. The van der Waals surface area contributed by atoms with Gasteiger partial charge < -0.3 is 10.4 Å². The maximum absolute atomic E-state index is 12.4. The van der Waals surface area contributed by atoms with E-state index in [1.54, 1.807) is 24.3 Å². The summed E-state index contributed by atoms with van der Waals surface area (Å²) in [4.78, 5) is 27.8. The predicted molar refractivity (Wildman–Crippen MR) is 128 cm³/mol. The third-order valence-electron chi connectivity index (χ3n) is 4.91. The zero-order chi connectivity index (χ0) is 23.1. The molecular weight excluding hydrogens is 400 g/mol. The van der Waals surface area contributed by atoms with Crippen molar-refractivity contribution in [1.29, 1.82) is 0 Å². The molecule has 3 aromatic carbocycles. The number of amides is 1. The van der Waals surface area contributed by atoms with Crippen molar-refractivity contribution in [2.45, 2.75) is 13.8 Å². The van der Waals surface area contributed by atoms with Crippen LogP contribution in [0.2, 0.25) is 0 Å². The van der Waals surface area contributed by atoms with Crippen LogP contribution in [0.1, 0.15) is 45.7 Å². The van der Waals surface area contributed by atoms with Crippen molar-refractivity contribution < 1.29 is 14.7 Å². The number of carboxylic acid groups (broad SMARTS) is 1. The molecule has 0 fully saturated rings. The molecule has 0 radical (unpaired) electrons. The second kappa shape index (κ2) is 10.2. The highest BCUT2D eigenvalue weighted by Crippen LogP contribution is 2.30. The summed E-state index contributed by atoms with van der Waals surface area (Å²) in [5, 5.41) is 12.6. The summed E-state index contributed by atoms with van der Waals surface area (Å²) in [5.41, 5.74) is 4.05. The van der Waals surface area contributed by atoms with E-state index in [0.29, 0.717) is 29.3 Å². The predicted octanol–water partition coefficient (Wildman–Crippen LogP) is 6.16. The fourth-order valence-corrected chi connectivity index (χ4v) is 3.23. The molecule has 1 amide bonds. The SMILES string of the molecule is [C-]#[N+]c1ccc(/C=C/c2ccccc2-c2ccc(C(=O)NCC(C)C)cc2C(=O)O)cc1. The van der Waals surface area contributed by atoms with Gasteiger partial charge in [0.2, 0.25) is 0 Å². The Hall–Kier alpha value is -4.17. The van der Waals surface area contributed by atoms with Gasteiger partial charge in [-0.3, -0.25) is 4.79 Å². The summed E-state index contributed by atoms with van der Waals surface area (Å²) in [6.45, 7) is 11.6. The molecule has 0 aliphatic heterocycles. The van der Waals surface area contributed by atoms with Gasteiger partial charge in [0.05, 0.1) is 12.1 Å². The van der Waals surface area contributed by atoms with Crippen LogP contribution in [-0.2, 0) is 0 Å². The Labute approximate surface area is 187 Å². The molecule has 0 aliphatic carbocycles. The van der Waals surface area contributed by atoms with Gasteiger partial charge in [-0.1, -0.05) is 80.6 Å². The lowest BCUT2D eigenvalue weighted by molar-refractivity contribution is 0.0697. The van der Waals surface area contributed by atoms with Crippen molar-refractivity contribution in [2.75, 3.05) is 6.54 Å². The molecule has 3 aromatic rings. The van der Waals surface area contributed by atoms with Gasteiger partial charge in [-0.15, -0.1) is 0 Å². The third kappa shape index (κ3) is 5.50. The average molecular weight is 425 g/mol. The second-order valence-corrected chi connectivity index (χ2v) is 7.79. The minimum absolute atomic E-state index is 0.0736. The van der Waals surface area contributed by atoms with E-state index in [9.17, 15) is 14.7 Å². The molecule has 0 atom stereocenters.